The van der Waals surface area contributed by atoms with Gasteiger partial charge in [0.2, 0.25) is 0 Å². The highest BCUT2D eigenvalue weighted by molar-refractivity contribution is 5.87. The number of hydrogen-bond donors (Lipinski definition) is 1. The van der Waals surface area contributed by atoms with Gasteiger partial charge in [-0.05, 0) is 19.8 Å². The van der Waals surface area contributed by atoms with Crippen LogP contribution in [0.1, 0.15) is 71.6 Å². The molecule has 0 rings (SSSR count). The first-order valence-corrected chi connectivity index (χ1v) is 8.01. The highest BCUT2D eigenvalue weighted by Crippen LogP contribution is 2.12. The quantitative estimate of drug-likeness (QED) is 0.335. The fourth-order valence-corrected chi connectivity index (χ4v) is 1.72. The Bertz CT molecular complexity index is 333. The first-order valence-electron chi connectivity index (χ1n) is 8.01. The van der Waals surface area contributed by atoms with Crippen molar-refractivity contribution in [2.45, 2.75) is 71.6 Å². The number of rotatable bonds is 11. The summed E-state index contributed by atoms with van der Waals surface area (Å²) >= 11 is 0. The number of aliphatic carboxylic acids is 1. The van der Waals surface area contributed by atoms with Crippen molar-refractivity contribution in [1.82, 2.24) is 0 Å². The van der Waals surface area contributed by atoms with Gasteiger partial charge in [0.25, 0.3) is 0 Å². The molecule has 22 heavy (non-hydrogen) atoms. The Morgan fingerprint density at radius 1 is 0.955 bits per heavy atom. The molecule has 0 aromatic carbocycles. The lowest BCUT2D eigenvalue weighted by molar-refractivity contribution is -0.136. The van der Waals surface area contributed by atoms with E-state index in [1.807, 2.05) is 0 Å². The number of carboxylic acids is 1. The molecule has 4 nitrogen and oxygen atoms in total. The molecule has 0 radical (unpaired) electrons. The van der Waals surface area contributed by atoms with E-state index in [4.69, 9.17) is 5.11 Å². The first-order chi connectivity index (χ1) is 10.4. The van der Waals surface area contributed by atoms with Crippen molar-refractivity contribution in [2.75, 3.05) is 7.11 Å². The second kappa shape index (κ2) is 15.8. The van der Waals surface area contributed by atoms with E-state index in [1.165, 1.54) is 59.0 Å². The highest BCUT2D eigenvalue weighted by atomic mass is 16.5. The zero-order valence-corrected chi connectivity index (χ0v) is 14.5. The number of hydrogen-bond acceptors (Lipinski definition) is 3. The second-order valence-corrected chi connectivity index (χ2v) is 5.41. The average molecular weight is 312 g/mol. The maximum atomic E-state index is 11.0. The summed E-state index contributed by atoms with van der Waals surface area (Å²) in [6.45, 7) is 10.5. The first kappa shape index (κ1) is 22.7. The molecule has 0 fully saturated rings. The van der Waals surface area contributed by atoms with Crippen LogP contribution in [0.4, 0.5) is 0 Å². The van der Waals surface area contributed by atoms with Gasteiger partial charge in [0.15, 0.2) is 0 Å². The van der Waals surface area contributed by atoms with Crippen LogP contribution in [-0.4, -0.2) is 24.2 Å². The van der Waals surface area contributed by atoms with E-state index in [0.29, 0.717) is 5.57 Å². The van der Waals surface area contributed by atoms with Crippen LogP contribution in [0.2, 0.25) is 0 Å². The van der Waals surface area contributed by atoms with E-state index in [1.54, 1.807) is 0 Å². The molecule has 4 heteroatoms. The lowest BCUT2D eigenvalue weighted by Crippen LogP contribution is -2.03. The van der Waals surface area contributed by atoms with Gasteiger partial charge in [-0.3, -0.25) is 0 Å². The number of esters is 1. The molecule has 0 heterocycles. The molecule has 0 aromatic rings. The Balaban J connectivity index is 0. The standard InChI is InChI=1S/C14H26O2.C4H6O2/c1-4-5-6-7-8-9-10-11-12-13(2)14(15)16-3;1-3(2)4(5)6/h2,4-12H2,1,3H3;1H2,2H3,(H,5,6). The normalized spacial score (nSPS) is 9.41. The van der Waals surface area contributed by atoms with E-state index < -0.39 is 5.97 Å². The molecule has 0 spiro atoms. The van der Waals surface area contributed by atoms with E-state index in [9.17, 15) is 9.59 Å². The van der Waals surface area contributed by atoms with Crippen LogP contribution in [0, 0.1) is 0 Å². The van der Waals surface area contributed by atoms with E-state index in [2.05, 4.69) is 24.8 Å². The fourth-order valence-electron chi connectivity index (χ4n) is 1.72. The molecule has 0 aliphatic carbocycles. The smallest absolute Gasteiger partial charge is 0.333 e. The molecule has 0 amide bonds. The van der Waals surface area contributed by atoms with Crippen molar-refractivity contribution in [3.8, 4) is 0 Å². The summed E-state index contributed by atoms with van der Waals surface area (Å²) in [4.78, 5) is 20.6. The van der Waals surface area contributed by atoms with Gasteiger partial charge in [-0.2, -0.15) is 0 Å². The summed E-state index contributed by atoms with van der Waals surface area (Å²) in [6.07, 6.45) is 11.0. The number of carbonyl (C=O) groups is 2. The number of ether oxygens (including phenoxy) is 1. The minimum Gasteiger partial charge on any atom is -0.478 e. The summed E-state index contributed by atoms with van der Waals surface area (Å²) in [5, 5.41) is 7.89. The zero-order chi connectivity index (χ0) is 17.4. The van der Waals surface area contributed by atoms with Gasteiger partial charge in [-0.25, -0.2) is 9.59 Å². The third-order valence-electron chi connectivity index (χ3n) is 3.17. The maximum Gasteiger partial charge on any atom is 0.333 e. The molecule has 128 valence electrons. The predicted octanol–water partition coefficient (Wildman–Crippen LogP) is 4.89. The SMILES string of the molecule is C=C(C)C(=O)O.C=C(CCCCCCCCCC)C(=O)OC. The van der Waals surface area contributed by atoms with Gasteiger partial charge >= 0.3 is 11.9 Å². The fraction of sp³-hybridized carbons (Fsp3) is 0.667. The molecule has 0 aliphatic heterocycles. The molecule has 0 bridgehead atoms. The summed E-state index contributed by atoms with van der Waals surface area (Å²) in [5.74, 6) is -1.20. The third kappa shape index (κ3) is 16.5. The van der Waals surface area contributed by atoms with Crippen LogP contribution in [-0.2, 0) is 14.3 Å². The monoisotopic (exact) mass is 312 g/mol. The molecule has 0 saturated carbocycles. The molecular formula is C18H32O4. The van der Waals surface area contributed by atoms with Crippen molar-refractivity contribution < 1.29 is 19.4 Å². The van der Waals surface area contributed by atoms with Crippen molar-refractivity contribution in [2.24, 2.45) is 0 Å². The van der Waals surface area contributed by atoms with Crippen molar-refractivity contribution >= 4 is 11.9 Å². The number of carboxylic acid groups (broad SMARTS) is 1. The lowest BCUT2D eigenvalue weighted by atomic mass is 10.1. The Labute approximate surface area is 135 Å². The van der Waals surface area contributed by atoms with Crippen molar-refractivity contribution in [3.63, 3.8) is 0 Å². The molecule has 0 unspecified atom stereocenters. The summed E-state index contributed by atoms with van der Waals surface area (Å²) in [6, 6.07) is 0. The van der Waals surface area contributed by atoms with Gasteiger partial charge in [0.1, 0.15) is 0 Å². The molecule has 1 N–H and O–H groups in total. The topological polar surface area (TPSA) is 63.6 Å². The van der Waals surface area contributed by atoms with Crippen LogP contribution < -0.4 is 0 Å². The third-order valence-corrected chi connectivity index (χ3v) is 3.17. The van der Waals surface area contributed by atoms with E-state index in [-0.39, 0.29) is 11.5 Å². The van der Waals surface area contributed by atoms with Crippen molar-refractivity contribution in [1.29, 1.82) is 0 Å². The zero-order valence-electron chi connectivity index (χ0n) is 14.5. The largest absolute Gasteiger partial charge is 0.478 e. The molecule has 0 saturated heterocycles. The second-order valence-electron chi connectivity index (χ2n) is 5.41. The molecule has 0 aliphatic rings. The summed E-state index contributed by atoms with van der Waals surface area (Å²) < 4.78 is 4.60. The van der Waals surface area contributed by atoms with Gasteiger partial charge in [-0.1, -0.05) is 65.0 Å². The minimum absolute atomic E-state index is 0.176. The predicted molar refractivity (Wildman–Crippen MR) is 90.8 cm³/mol. The number of carbonyl (C=O) groups excluding carboxylic acids is 1. The number of methoxy groups -OCH3 is 1. The van der Waals surface area contributed by atoms with Gasteiger partial charge in [-0.15, -0.1) is 0 Å². The Morgan fingerprint density at radius 2 is 1.36 bits per heavy atom. The number of unbranched alkanes of at least 4 members (excludes halogenated alkanes) is 7. The van der Waals surface area contributed by atoms with Crippen LogP contribution in [0.15, 0.2) is 24.3 Å². The van der Waals surface area contributed by atoms with Crippen LogP contribution in [0.5, 0.6) is 0 Å². The Hall–Kier alpha value is -1.58. The summed E-state index contributed by atoms with van der Waals surface area (Å²) in [7, 11) is 1.40. The Morgan fingerprint density at radius 3 is 1.73 bits per heavy atom. The van der Waals surface area contributed by atoms with E-state index in [0.717, 1.165) is 12.8 Å². The van der Waals surface area contributed by atoms with Gasteiger partial charge in [0, 0.05) is 11.1 Å². The van der Waals surface area contributed by atoms with Crippen LogP contribution in [0.3, 0.4) is 0 Å². The molecule has 0 atom stereocenters. The Kier molecular flexibility index (Phi) is 16.3. The van der Waals surface area contributed by atoms with Crippen LogP contribution >= 0.6 is 0 Å². The average Bonchev–Trinajstić information content (AvgIpc) is 2.49. The molecule has 0 aromatic heterocycles. The van der Waals surface area contributed by atoms with Crippen molar-refractivity contribution in [3.05, 3.63) is 24.3 Å². The lowest BCUT2D eigenvalue weighted by Gasteiger charge is -2.03. The summed E-state index contributed by atoms with van der Waals surface area (Å²) in [5.41, 5.74) is 0.781. The van der Waals surface area contributed by atoms with Gasteiger partial charge < -0.3 is 9.84 Å². The molecular weight excluding hydrogens is 280 g/mol. The highest BCUT2D eigenvalue weighted by Gasteiger charge is 2.05. The van der Waals surface area contributed by atoms with E-state index >= 15 is 0 Å². The maximum absolute atomic E-state index is 11.0. The van der Waals surface area contributed by atoms with Crippen LogP contribution in [0.25, 0.3) is 0 Å². The van der Waals surface area contributed by atoms with Gasteiger partial charge in [0.05, 0.1) is 7.11 Å². The minimum atomic E-state index is -0.935.